The zero-order valence-electron chi connectivity index (χ0n) is 22.3. The third kappa shape index (κ3) is 6.67. The lowest BCUT2D eigenvalue weighted by molar-refractivity contribution is -0.143. The van der Waals surface area contributed by atoms with E-state index in [1.54, 1.807) is 0 Å². The number of nitrogens with one attached hydrogen (secondary N) is 1. The van der Waals surface area contributed by atoms with E-state index in [0.717, 1.165) is 55.2 Å². The SMILES string of the molecule is O=C(O)C1CCC(CNC(=O)C(c2ccc(CN3N=C(c4ccccc4)OCC3=O)cc2)C2CCCC2)CC1. The van der Waals surface area contributed by atoms with Crippen LogP contribution >= 0.6 is 0 Å². The van der Waals surface area contributed by atoms with Gasteiger partial charge in [-0.05, 0) is 73.6 Å². The number of amides is 2. The van der Waals surface area contributed by atoms with E-state index in [1.165, 1.54) is 5.01 Å². The largest absolute Gasteiger partial charge is 0.481 e. The zero-order chi connectivity index (χ0) is 27.2. The van der Waals surface area contributed by atoms with Crippen molar-refractivity contribution >= 4 is 23.7 Å². The standard InChI is InChI=1S/C31H37N3O5/c35-27-20-39-30(25-8-2-1-3-9-25)33-34(27)19-22-12-14-24(15-13-22)28(23-6-4-5-7-23)29(36)32-18-21-10-16-26(17-11-21)31(37)38/h1-3,8-9,12-15,21,23,26,28H,4-7,10-11,16-20H2,(H,32,36)(H,37,38). The van der Waals surface area contributed by atoms with Crippen molar-refractivity contribution in [2.75, 3.05) is 13.2 Å². The van der Waals surface area contributed by atoms with Crippen molar-refractivity contribution in [3.8, 4) is 0 Å². The highest BCUT2D eigenvalue weighted by Gasteiger charge is 2.33. The van der Waals surface area contributed by atoms with E-state index < -0.39 is 5.97 Å². The summed E-state index contributed by atoms with van der Waals surface area (Å²) in [6.45, 7) is 0.888. The molecule has 2 fully saturated rings. The van der Waals surface area contributed by atoms with Crippen LogP contribution in [0.5, 0.6) is 0 Å². The van der Waals surface area contributed by atoms with E-state index in [2.05, 4.69) is 10.4 Å². The minimum absolute atomic E-state index is 0.0479. The number of hydrazone groups is 1. The van der Waals surface area contributed by atoms with Crippen LogP contribution in [-0.2, 0) is 25.7 Å². The van der Waals surface area contributed by atoms with Crippen molar-refractivity contribution in [2.24, 2.45) is 22.9 Å². The molecule has 2 aliphatic carbocycles. The molecular weight excluding hydrogens is 494 g/mol. The summed E-state index contributed by atoms with van der Waals surface area (Å²) in [6.07, 6.45) is 7.44. The molecule has 8 heteroatoms. The first kappa shape index (κ1) is 26.9. The fourth-order valence-electron chi connectivity index (χ4n) is 6.14. The second kappa shape index (κ2) is 12.5. The Bertz CT molecular complexity index is 1180. The molecular formula is C31H37N3O5. The van der Waals surface area contributed by atoms with Crippen LogP contribution in [0, 0.1) is 17.8 Å². The molecule has 3 aliphatic rings. The molecule has 0 radical (unpaired) electrons. The number of carbonyl (C=O) groups excluding carboxylic acids is 2. The Kier molecular flexibility index (Phi) is 8.59. The summed E-state index contributed by atoms with van der Waals surface area (Å²) in [7, 11) is 0. The molecule has 0 spiro atoms. The lowest BCUT2D eigenvalue weighted by Gasteiger charge is -2.28. The minimum atomic E-state index is -0.705. The van der Waals surface area contributed by atoms with Crippen molar-refractivity contribution in [1.29, 1.82) is 0 Å². The van der Waals surface area contributed by atoms with Gasteiger partial charge in [0.15, 0.2) is 6.61 Å². The number of carbonyl (C=O) groups is 3. The van der Waals surface area contributed by atoms with Gasteiger partial charge in [0, 0.05) is 12.1 Å². The summed E-state index contributed by atoms with van der Waals surface area (Å²) in [6, 6.07) is 17.5. The number of benzene rings is 2. The summed E-state index contributed by atoms with van der Waals surface area (Å²) in [5, 5.41) is 18.3. The van der Waals surface area contributed by atoms with E-state index in [9.17, 15) is 19.5 Å². The fourth-order valence-corrected chi connectivity index (χ4v) is 6.14. The fraction of sp³-hybridized carbons (Fsp3) is 0.484. The number of ether oxygens (including phenoxy) is 1. The highest BCUT2D eigenvalue weighted by Crippen LogP contribution is 2.38. The molecule has 2 aromatic rings. The maximum Gasteiger partial charge on any atom is 0.306 e. The molecule has 0 bridgehead atoms. The van der Waals surface area contributed by atoms with Crippen molar-refractivity contribution in [2.45, 2.75) is 63.8 Å². The number of rotatable bonds is 9. The van der Waals surface area contributed by atoms with Crippen LogP contribution in [0.3, 0.4) is 0 Å². The van der Waals surface area contributed by atoms with Crippen LogP contribution in [0.4, 0.5) is 0 Å². The van der Waals surface area contributed by atoms with Crippen LogP contribution in [0.15, 0.2) is 59.7 Å². The van der Waals surface area contributed by atoms with Crippen molar-refractivity contribution in [3.05, 3.63) is 71.3 Å². The first-order valence-electron chi connectivity index (χ1n) is 14.1. The smallest absolute Gasteiger partial charge is 0.306 e. The minimum Gasteiger partial charge on any atom is -0.481 e. The monoisotopic (exact) mass is 531 g/mol. The predicted molar refractivity (Wildman–Crippen MR) is 147 cm³/mol. The topological polar surface area (TPSA) is 108 Å². The number of carboxylic acid groups (broad SMARTS) is 1. The molecule has 206 valence electrons. The van der Waals surface area contributed by atoms with Crippen LogP contribution in [0.2, 0.25) is 0 Å². The number of nitrogens with zero attached hydrogens (tertiary/aromatic N) is 2. The van der Waals surface area contributed by atoms with Crippen molar-refractivity contribution < 1.29 is 24.2 Å². The third-order valence-electron chi connectivity index (χ3n) is 8.44. The van der Waals surface area contributed by atoms with Gasteiger partial charge in [-0.3, -0.25) is 14.4 Å². The van der Waals surface area contributed by atoms with Gasteiger partial charge in [0.05, 0.1) is 18.4 Å². The second-order valence-corrected chi connectivity index (χ2v) is 11.1. The Hall–Kier alpha value is -3.68. The van der Waals surface area contributed by atoms with Gasteiger partial charge in [-0.2, -0.15) is 0 Å². The Balaban J connectivity index is 1.23. The maximum atomic E-state index is 13.5. The molecule has 0 aromatic heterocycles. The van der Waals surface area contributed by atoms with E-state index in [-0.39, 0.29) is 30.3 Å². The van der Waals surface area contributed by atoms with Gasteiger partial charge in [-0.25, -0.2) is 5.01 Å². The number of aliphatic carboxylic acids is 1. The molecule has 1 heterocycles. The lowest BCUT2D eigenvalue weighted by atomic mass is 9.81. The van der Waals surface area contributed by atoms with Gasteiger partial charge in [0.25, 0.3) is 5.91 Å². The van der Waals surface area contributed by atoms with E-state index in [0.29, 0.717) is 43.7 Å². The average molecular weight is 532 g/mol. The Morgan fingerprint density at radius 2 is 1.67 bits per heavy atom. The Labute approximate surface area is 229 Å². The highest BCUT2D eigenvalue weighted by molar-refractivity contribution is 5.97. The summed E-state index contributed by atoms with van der Waals surface area (Å²) in [5.41, 5.74) is 2.76. The predicted octanol–water partition coefficient (Wildman–Crippen LogP) is 4.69. The molecule has 2 N–H and O–H groups in total. The maximum absolute atomic E-state index is 13.5. The molecule has 1 aliphatic heterocycles. The van der Waals surface area contributed by atoms with Gasteiger partial charge in [0.1, 0.15) is 0 Å². The quantitative estimate of drug-likeness (QED) is 0.488. The van der Waals surface area contributed by atoms with E-state index in [4.69, 9.17) is 4.74 Å². The normalized spacial score (nSPS) is 22.6. The van der Waals surface area contributed by atoms with Crippen molar-refractivity contribution in [1.82, 2.24) is 10.3 Å². The van der Waals surface area contributed by atoms with Crippen molar-refractivity contribution in [3.63, 3.8) is 0 Å². The van der Waals surface area contributed by atoms with Gasteiger partial charge in [-0.15, -0.1) is 5.10 Å². The van der Waals surface area contributed by atoms with Crippen LogP contribution in [0.1, 0.15) is 74.0 Å². The second-order valence-electron chi connectivity index (χ2n) is 11.1. The van der Waals surface area contributed by atoms with Crippen LogP contribution in [-0.4, -0.2) is 46.9 Å². The lowest BCUT2D eigenvalue weighted by Crippen LogP contribution is -2.37. The van der Waals surface area contributed by atoms with Gasteiger partial charge in [-0.1, -0.05) is 55.3 Å². The molecule has 8 nitrogen and oxygen atoms in total. The summed E-state index contributed by atoms with van der Waals surface area (Å²) in [4.78, 5) is 37.2. The average Bonchev–Trinajstić information content (AvgIpc) is 3.49. The van der Waals surface area contributed by atoms with Gasteiger partial charge >= 0.3 is 5.97 Å². The molecule has 5 rings (SSSR count). The summed E-state index contributed by atoms with van der Waals surface area (Å²) >= 11 is 0. The molecule has 1 atom stereocenters. The van der Waals surface area contributed by atoms with Gasteiger partial charge < -0.3 is 15.2 Å². The van der Waals surface area contributed by atoms with E-state index >= 15 is 0 Å². The number of hydrogen-bond donors (Lipinski definition) is 2. The summed E-state index contributed by atoms with van der Waals surface area (Å²) in [5.74, 6) is -0.199. The molecule has 2 saturated carbocycles. The molecule has 39 heavy (non-hydrogen) atoms. The molecule has 1 unspecified atom stereocenters. The summed E-state index contributed by atoms with van der Waals surface area (Å²) < 4.78 is 5.55. The number of hydrogen-bond acceptors (Lipinski definition) is 5. The third-order valence-corrected chi connectivity index (χ3v) is 8.44. The first-order chi connectivity index (χ1) is 19.0. The highest BCUT2D eigenvalue weighted by atomic mass is 16.5. The van der Waals surface area contributed by atoms with E-state index in [1.807, 2.05) is 54.6 Å². The Morgan fingerprint density at radius 3 is 2.33 bits per heavy atom. The number of carboxylic acids is 1. The zero-order valence-corrected chi connectivity index (χ0v) is 22.3. The van der Waals surface area contributed by atoms with Gasteiger partial charge in [0.2, 0.25) is 11.8 Å². The van der Waals surface area contributed by atoms with Crippen LogP contribution < -0.4 is 5.32 Å². The molecule has 2 aromatic carbocycles. The first-order valence-corrected chi connectivity index (χ1v) is 14.1. The Morgan fingerprint density at radius 1 is 0.974 bits per heavy atom. The van der Waals surface area contributed by atoms with Crippen LogP contribution in [0.25, 0.3) is 0 Å². The molecule has 0 saturated heterocycles. The molecule has 2 amide bonds.